The summed E-state index contributed by atoms with van der Waals surface area (Å²) >= 11 is 0. The SMILES string of the molecule is CC(C)(C)c1ccc(C(=O)NCCC(=O)NC2CCCNC2)cc1. The Labute approximate surface area is 144 Å². The van der Waals surface area contributed by atoms with Gasteiger partial charge in [-0.1, -0.05) is 32.9 Å². The fourth-order valence-electron chi connectivity index (χ4n) is 2.79. The average Bonchev–Trinajstić information content (AvgIpc) is 2.55. The molecule has 3 N–H and O–H groups in total. The van der Waals surface area contributed by atoms with Crippen LogP contribution in [0.3, 0.4) is 0 Å². The van der Waals surface area contributed by atoms with E-state index < -0.39 is 0 Å². The summed E-state index contributed by atoms with van der Waals surface area (Å²) in [5.74, 6) is -0.144. The van der Waals surface area contributed by atoms with E-state index in [0.717, 1.165) is 25.9 Å². The fraction of sp³-hybridized carbons (Fsp3) is 0.579. The smallest absolute Gasteiger partial charge is 0.251 e. The number of carbonyl (C=O) groups excluding carboxylic acids is 2. The van der Waals surface area contributed by atoms with Crippen molar-refractivity contribution < 1.29 is 9.59 Å². The van der Waals surface area contributed by atoms with Crippen LogP contribution in [0, 0.1) is 0 Å². The molecule has 1 fully saturated rings. The van der Waals surface area contributed by atoms with Gasteiger partial charge in [0.25, 0.3) is 5.91 Å². The molecule has 132 valence electrons. The van der Waals surface area contributed by atoms with Gasteiger partial charge in [-0.3, -0.25) is 9.59 Å². The lowest BCUT2D eigenvalue weighted by atomic mass is 9.87. The minimum absolute atomic E-state index is 0.00733. The van der Waals surface area contributed by atoms with Gasteiger partial charge in [0, 0.05) is 31.1 Å². The van der Waals surface area contributed by atoms with E-state index in [4.69, 9.17) is 0 Å². The Hall–Kier alpha value is -1.88. The highest BCUT2D eigenvalue weighted by Crippen LogP contribution is 2.22. The van der Waals surface area contributed by atoms with Crippen molar-refractivity contribution in [2.24, 2.45) is 0 Å². The van der Waals surface area contributed by atoms with E-state index in [9.17, 15) is 9.59 Å². The molecule has 0 radical (unpaired) electrons. The first-order chi connectivity index (χ1) is 11.4. The van der Waals surface area contributed by atoms with Crippen molar-refractivity contribution >= 4 is 11.8 Å². The topological polar surface area (TPSA) is 70.2 Å². The summed E-state index contributed by atoms with van der Waals surface area (Å²) in [5.41, 5.74) is 1.89. The third-order valence-corrected chi connectivity index (χ3v) is 4.31. The van der Waals surface area contributed by atoms with Gasteiger partial charge < -0.3 is 16.0 Å². The molecule has 1 unspecified atom stereocenters. The molecule has 1 aromatic rings. The second kappa shape index (κ2) is 8.29. The highest BCUT2D eigenvalue weighted by atomic mass is 16.2. The second-order valence-electron chi connectivity index (χ2n) is 7.44. The number of hydrogen-bond acceptors (Lipinski definition) is 3. The third-order valence-electron chi connectivity index (χ3n) is 4.31. The number of piperidine rings is 1. The van der Waals surface area contributed by atoms with Crippen molar-refractivity contribution in [1.82, 2.24) is 16.0 Å². The lowest BCUT2D eigenvalue weighted by Gasteiger charge is -2.23. The molecule has 0 bridgehead atoms. The van der Waals surface area contributed by atoms with Gasteiger partial charge in [-0.05, 0) is 42.5 Å². The maximum Gasteiger partial charge on any atom is 0.251 e. The van der Waals surface area contributed by atoms with Crippen LogP contribution in [0.5, 0.6) is 0 Å². The molecule has 5 heteroatoms. The summed E-state index contributed by atoms with van der Waals surface area (Å²) < 4.78 is 0. The Morgan fingerprint density at radius 1 is 1.21 bits per heavy atom. The first-order valence-corrected chi connectivity index (χ1v) is 8.75. The standard InChI is InChI=1S/C19H29N3O2/c1-19(2,3)15-8-6-14(7-9-15)18(24)21-12-10-17(23)22-16-5-4-11-20-13-16/h6-9,16,20H,4-5,10-13H2,1-3H3,(H,21,24)(H,22,23). The van der Waals surface area contributed by atoms with Gasteiger partial charge in [0.05, 0.1) is 0 Å². The number of carbonyl (C=O) groups is 2. The fourth-order valence-corrected chi connectivity index (χ4v) is 2.79. The van der Waals surface area contributed by atoms with E-state index in [0.29, 0.717) is 18.5 Å². The summed E-state index contributed by atoms with van der Waals surface area (Å²) in [6, 6.07) is 7.86. The molecule has 24 heavy (non-hydrogen) atoms. The van der Waals surface area contributed by atoms with Crippen molar-refractivity contribution in [2.75, 3.05) is 19.6 Å². The Balaban J connectivity index is 1.73. The second-order valence-corrected chi connectivity index (χ2v) is 7.44. The molecule has 1 saturated heterocycles. The monoisotopic (exact) mass is 331 g/mol. The summed E-state index contributed by atoms with van der Waals surface area (Å²) in [6.07, 6.45) is 2.42. The van der Waals surface area contributed by atoms with Crippen LogP contribution in [0.1, 0.15) is 56.0 Å². The van der Waals surface area contributed by atoms with Gasteiger partial charge in [-0.25, -0.2) is 0 Å². The van der Waals surface area contributed by atoms with E-state index in [2.05, 4.69) is 36.7 Å². The van der Waals surface area contributed by atoms with Crippen molar-refractivity contribution in [3.63, 3.8) is 0 Å². The Morgan fingerprint density at radius 3 is 2.50 bits per heavy atom. The zero-order chi connectivity index (χ0) is 17.6. The molecule has 0 saturated carbocycles. The summed E-state index contributed by atoms with van der Waals surface area (Å²) in [5, 5.41) is 9.08. The molecule has 0 aromatic heterocycles. The van der Waals surface area contributed by atoms with Crippen molar-refractivity contribution in [2.45, 2.75) is 51.5 Å². The molecule has 1 atom stereocenters. The third kappa shape index (κ3) is 5.64. The highest BCUT2D eigenvalue weighted by Gasteiger charge is 2.16. The van der Waals surface area contributed by atoms with Gasteiger partial charge >= 0.3 is 0 Å². The molecule has 0 spiro atoms. The van der Waals surface area contributed by atoms with Gasteiger partial charge in [0.15, 0.2) is 0 Å². The first-order valence-electron chi connectivity index (χ1n) is 8.75. The Kier molecular flexibility index (Phi) is 6.37. The predicted molar refractivity (Wildman–Crippen MR) is 96.1 cm³/mol. The summed E-state index contributed by atoms with van der Waals surface area (Å²) in [4.78, 5) is 24.0. The lowest BCUT2D eigenvalue weighted by Crippen LogP contribution is -2.46. The normalized spacial score (nSPS) is 18.0. The molecule has 1 aromatic carbocycles. The maximum absolute atomic E-state index is 12.1. The van der Waals surface area contributed by atoms with Crippen molar-refractivity contribution in [3.05, 3.63) is 35.4 Å². The summed E-state index contributed by atoms with van der Waals surface area (Å²) in [6.45, 7) is 8.63. The van der Waals surface area contributed by atoms with Crippen LogP contribution < -0.4 is 16.0 Å². The van der Waals surface area contributed by atoms with Crippen LogP contribution >= 0.6 is 0 Å². The van der Waals surface area contributed by atoms with Crippen molar-refractivity contribution in [3.8, 4) is 0 Å². The van der Waals surface area contributed by atoms with Crippen LogP contribution in [0.15, 0.2) is 24.3 Å². The van der Waals surface area contributed by atoms with E-state index in [1.54, 1.807) is 0 Å². The minimum Gasteiger partial charge on any atom is -0.352 e. The van der Waals surface area contributed by atoms with Crippen LogP contribution in [0.25, 0.3) is 0 Å². The molecule has 0 aliphatic carbocycles. The lowest BCUT2D eigenvalue weighted by molar-refractivity contribution is -0.121. The molecular weight excluding hydrogens is 302 g/mol. The molecule has 2 rings (SSSR count). The molecule has 2 amide bonds. The van der Waals surface area contributed by atoms with Crippen molar-refractivity contribution in [1.29, 1.82) is 0 Å². The number of nitrogens with one attached hydrogen (secondary N) is 3. The average molecular weight is 331 g/mol. The molecule has 1 aliphatic rings. The zero-order valence-corrected chi connectivity index (χ0v) is 14.9. The predicted octanol–water partition coefficient (Wildman–Crippen LogP) is 1.97. The minimum atomic E-state index is -0.136. The van der Waals surface area contributed by atoms with E-state index in [-0.39, 0.29) is 23.3 Å². The molecule has 1 aliphatic heterocycles. The number of benzene rings is 1. The number of amides is 2. The van der Waals surface area contributed by atoms with Gasteiger partial charge in [-0.2, -0.15) is 0 Å². The maximum atomic E-state index is 12.1. The summed E-state index contributed by atoms with van der Waals surface area (Å²) in [7, 11) is 0. The zero-order valence-electron chi connectivity index (χ0n) is 14.9. The van der Waals surface area contributed by atoms with Gasteiger partial charge in [0.1, 0.15) is 0 Å². The number of hydrogen-bond donors (Lipinski definition) is 3. The molecule has 5 nitrogen and oxygen atoms in total. The van der Waals surface area contributed by atoms with E-state index in [1.165, 1.54) is 5.56 Å². The molecular formula is C19H29N3O2. The van der Waals surface area contributed by atoms with Crippen LogP contribution in [-0.2, 0) is 10.2 Å². The first kappa shape index (κ1) is 18.5. The van der Waals surface area contributed by atoms with Gasteiger partial charge in [-0.15, -0.1) is 0 Å². The van der Waals surface area contributed by atoms with E-state index in [1.807, 2.05) is 24.3 Å². The largest absolute Gasteiger partial charge is 0.352 e. The van der Waals surface area contributed by atoms with E-state index >= 15 is 0 Å². The van der Waals surface area contributed by atoms with Crippen LogP contribution in [0.4, 0.5) is 0 Å². The van der Waals surface area contributed by atoms with Crippen LogP contribution in [0.2, 0.25) is 0 Å². The van der Waals surface area contributed by atoms with Crippen LogP contribution in [-0.4, -0.2) is 37.5 Å². The van der Waals surface area contributed by atoms with Gasteiger partial charge in [0.2, 0.25) is 5.91 Å². The Bertz CT molecular complexity index is 555. The quantitative estimate of drug-likeness (QED) is 0.772. The Morgan fingerprint density at radius 2 is 1.92 bits per heavy atom. The highest BCUT2D eigenvalue weighted by molar-refractivity contribution is 5.94. The molecule has 1 heterocycles. The number of rotatable bonds is 5.